The average Bonchev–Trinajstić information content (AvgIpc) is 2.96. The third-order valence-corrected chi connectivity index (χ3v) is 4.18. The number of piperidine rings is 1. The number of likely N-dealkylation sites (tertiary alicyclic amines) is 1. The summed E-state index contributed by atoms with van der Waals surface area (Å²) < 4.78 is 7.09. The molecule has 22 heavy (non-hydrogen) atoms. The van der Waals surface area contributed by atoms with Crippen LogP contribution in [0.3, 0.4) is 0 Å². The third-order valence-electron chi connectivity index (χ3n) is 4.18. The summed E-state index contributed by atoms with van der Waals surface area (Å²) in [6.07, 6.45) is 4.31. The maximum atomic E-state index is 12.2. The third kappa shape index (κ3) is 2.64. The fraction of sp³-hybridized carbons (Fsp3) is 0.375. The first kappa shape index (κ1) is 14.4. The molecule has 1 amide bonds. The predicted molar refractivity (Wildman–Crippen MR) is 82.9 cm³/mol. The summed E-state index contributed by atoms with van der Waals surface area (Å²) in [5.74, 6) is 0.728. The van der Waals surface area contributed by atoms with Gasteiger partial charge in [-0.1, -0.05) is 12.1 Å². The van der Waals surface area contributed by atoms with Crippen LogP contribution in [0.1, 0.15) is 18.9 Å². The Morgan fingerprint density at radius 1 is 1.27 bits per heavy atom. The van der Waals surface area contributed by atoms with Gasteiger partial charge in [0.1, 0.15) is 5.75 Å². The standard InChI is InChI=1S/C16H19N3O3/c1-22-15-5-3-2-4-13(15)14-10-19(16(21)17-14)12-6-8-18(11-20)9-7-12/h2-5,10-12H,6-9H2,1H3,(H,17,21). The summed E-state index contributed by atoms with van der Waals surface area (Å²) in [6.45, 7) is 1.38. The van der Waals surface area contributed by atoms with Gasteiger partial charge in [-0.15, -0.1) is 0 Å². The predicted octanol–water partition coefficient (Wildman–Crippen LogP) is 1.65. The van der Waals surface area contributed by atoms with E-state index in [4.69, 9.17) is 4.74 Å². The number of carbonyl (C=O) groups excluding carboxylic acids is 1. The van der Waals surface area contributed by atoms with Gasteiger partial charge in [0.2, 0.25) is 6.41 Å². The van der Waals surface area contributed by atoms with E-state index in [1.54, 1.807) is 16.6 Å². The summed E-state index contributed by atoms with van der Waals surface area (Å²) >= 11 is 0. The van der Waals surface area contributed by atoms with Crippen LogP contribution in [-0.4, -0.2) is 41.1 Å². The second kappa shape index (κ2) is 6.09. The quantitative estimate of drug-likeness (QED) is 0.873. The zero-order valence-corrected chi connectivity index (χ0v) is 12.5. The normalized spacial score (nSPS) is 15.8. The molecule has 0 radical (unpaired) electrons. The molecule has 1 fully saturated rings. The number of amides is 1. The zero-order chi connectivity index (χ0) is 15.5. The SMILES string of the molecule is COc1ccccc1-c1cn(C2CCN(C=O)CC2)c(=O)[nH]1. The van der Waals surface area contributed by atoms with Crippen LogP contribution in [0.5, 0.6) is 5.75 Å². The molecule has 2 aromatic rings. The van der Waals surface area contributed by atoms with Crippen LogP contribution in [0, 0.1) is 0 Å². The van der Waals surface area contributed by atoms with E-state index in [1.165, 1.54) is 0 Å². The summed E-state index contributed by atoms with van der Waals surface area (Å²) in [5.41, 5.74) is 1.50. The van der Waals surface area contributed by atoms with Crippen LogP contribution < -0.4 is 10.4 Å². The monoisotopic (exact) mass is 301 g/mol. The number of methoxy groups -OCH3 is 1. The van der Waals surface area contributed by atoms with Crippen molar-refractivity contribution in [2.45, 2.75) is 18.9 Å². The van der Waals surface area contributed by atoms with Gasteiger partial charge in [-0.3, -0.25) is 9.36 Å². The molecule has 1 saturated heterocycles. The lowest BCUT2D eigenvalue weighted by molar-refractivity contribution is -0.119. The van der Waals surface area contributed by atoms with Crippen LogP contribution in [0.25, 0.3) is 11.3 Å². The topological polar surface area (TPSA) is 67.3 Å². The molecule has 1 aliphatic heterocycles. The number of H-pyrrole nitrogens is 1. The van der Waals surface area contributed by atoms with Crippen molar-refractivity contribution in [3.05, 3.63) is 40.9 Å². The van der Waals surface area contributed by atoms with Crippen molar-refractivity contribution in [1.82, 2.24) is 14.5 Å². The molecular formula is C16H19N3O3. The number of imidazole rings is 1. The van der Waals surface area contributed by atoms with Crippen molar-refractivity contribution < 1.29 is 9.53 Å². The molecule has 0 spiro atoms. The van der Waals surface area contributed by atoms with Gasteiger partial charge in [0.05, 0.1) is 12.8 Å². The Hall–Kier alpha value is -2.50. The number of benzene rings is 1. The summed E-state index contributed by atoms with van der Waals surface area (Å²) in [4.78, 5) is 27.7. The van der Waals surface area contributed by atoms with Gasteiger partial charge in [-0.25, -0.2) is 4.79 Å². The first-order chi connectivity index (χ1) is 10.7. The van der Waals surface area contributed by atoms with Crippen LogP contribution in [0.4, 0.5) is 0 Å². The van der Waals surface area contributed by atoms with Crippen LogP contribution in [0.2, 0.25) is 0 Å². The van der Waals surface area contributed by atoms with Gasteiger partial charge in [0.15, 0.2) is 0 Å². The fourth-order valence-corrected chi connectivity index (χ4v) is 2.95. The number of nitrogens with zero attached hydrogens (tertiary/aromatic N) is 2. The van der Waals surface area contributed by atoms with Crippen LogP contribution in [0.15, 0.2) is 35.3 Å². The van der Waals surface area contributed by atoms with E-state index in [-0.39, 0.29) is 11.7 Å². The van der Waals surface area contributed by atoms with Gasteiger partial charge >= 0.3 is 5.69 Å². The molecule has 6 nitrogen and oxygen atoms in total. The molecule has 0 unspecified atom stereocenters. The van der Waals surface area contributed by atoms with Gasteiger partial charge < -0.3 is 14.6 Å². The summed E-state index contributed by atoms with van der Waals surface area (Å²) in [5, 5.41) is 0. The van der Waals surface area contributed by atoms with Crippen molar-refractivity contribution in [2.24, 2.45) is 0 Å². The minimum atomic E-state index is -0.120. The molecule has 1 aromatic heterocycles. The van der Waals surface area contributed by atoms with Crippen LogP contribution in [-0.2, 0) is 4.79 Å². The van der Waals surface area contributed by atoms with Gasteiger partial charge in [-0.05, 0) is 25.0 Å². The van der Waals surface area contributed by atoms with Gasteiger partial charge in [0, 0.05) is 30.9 Å². The van der Waals surface area contributed by atoms with E-state index in [9.17, 15) is 9.59 Å². The number of carbonyl (C=O) groups is 1. The number of nitrogens with one attached hydrogen (secondary N) is 1. The molecule has 1 N–H and O–H groups in total. The minimum absolute atomic E-state index is 0.120. The molecule has 0 atom stereocenters. The van der Waals surface area contributed by atoms with Crippen molar-refractivity contribution in [1.29, 1.82) is 0 Å². The van der Waals surface area contributed by atoms with E-state index in [0.717, 1.165) is 36.3 Å². The number of aromatic amines is 1. The summed E-state index contributed by atoms with van der Waals surface area (Å²) in [7, 11) is 1.61. The Bertz CT molecular complexity index is 711. The van der Waals surface area contributed by atoms with Crippen LogP contribution >= 0.6 is 0 Å². The molecule has 116 valence electrons. The molecule has 2 heterocycles. The maximum Gasteiger partial charge on any atom is 0.326 e. The van der Waals surface area contributed by atoms with E-state index >= 15 is 0 Å². The number of ether oxygens (including phenoxy) is 1. The Kier molecular flexibility index (Phi) is 4.00. The summed E-state index contributed by atoms with van der Waals surface area (Å²) in [6, 6.07) is 7.73. The average molecular weight is 301 g/mol. The highest BCUT2D eigenvalue weighted by Gasteiger charge is 2.22. The molecular weight excluding hydrogens is 282 g/mol. The Morgan fingerprint density at radius 3 is 2.68 bits per heavy atom. The highest BCUT2D eigenvalue weighted by Crippen LogP contribution is 2.29. The zero-order valence-electron chi connectivity index (χ0n) is 12.5. The molecule has 3 rings (SSSR count). The number of para-hydroxylation sites is 1. The van der Waals surface area contributed by atoms with E-state index < -0.39 is 0 Å². The molecule has 0 bridgehead atoms. The molecule has 1 aliphatic rings. The maximum absolute atomic E-state index is 12.2. The highest BCUT2D eigenvalue weighted by molar-refractivity contribution is 5.66. The molecule has 6 heteroatoms. The van der Waals surface area contributed by atoms with E-state index in [2.05, 4.69) is 4.98 Å². The molecule has 0 saturated carbocycles. The fourth-order valence-electron chi connectivity index (χ4n) is 2.95. The lowest BCUT2D eigenvalue weighted by Crippen LogP contribution is -2.35. The minimum Gasteiger partial charge on any atom is -0.496 e. The van der Waals surface area contributed by atoms with Crippen molar-refractivity contribution in [2.75, 3.05) is 20.2 Å². The van der Waals surface area contributed by atoms with Crippen molar-refractivity contribution in [3.63, 3.8) is 0 Å². The van der Waals surface area contributed by atoms with Crippen molar-refractivity contribution >= 4 is 6.41 Å². The lowest BCUT2D eigenvalue weighted by Gasteiger charge is -2.29. The Labute approximate surface area is 128 Å². The Balaban J connectivity index is 1.88. The van der Waals surface area contributed by atoms with Gasteiger partial charge in [-0.2, -0.15) is 0 Å². The van der Waals surface area contributed by atoms with Crippen molar-refractivity contribution in [3.8, 4) is 17.0 Å². The van der Waals surface area contributed by atoms with E-state index in [1.807, 2.05) is 30.5 Å². The second-order valence-corrected chi connectivity index (χ2v) is 5.45. The first-order valence-corrected chi connectivity index (χ1v) is 7.37. The number of aromatic nitrogens is 2. The van der Waals surface area contributed by atoms with Gasteiger partial charge in [0.25, 0.3) is 0 Å². The molecule has 1 aromatic carbocycles. The largest absolute Gasteiger partial charge is 0.496 e. The smallest absolute Gasteiger partial charge is 0.326 e. The number of rotatable bonds is 4. The van der Waals surface area contributed by atoms with E-state index in [0.29, 0.717) is 13.1 Å². The Morgan fingerprint density at radius 2 is 2.00 bits per heavy atom. The molecule has 0 aliphatic carbocycles. The number of hydrogen-bond acceptors (Lipinski definition) is 3. The highest BCUT2D eigenvalue weighted by atomic mass is 16.5. The first-order valence-electron chi connectivity index (χ1n) is 7.37. The lowest BCUT2D eigenvalue weighted by atomic mass is 10.1. The number of hydrogen-bond donors (Lipinski definition) is 1. The second-order valence-electron chi connectivity index (χ2n) is 5.45.